The van der Waals surface area contributed by atoms with Gasteiger partial charge in [-0.3, -0.25) is 4.79 Å². The number of amides is 1. The highest BCUT2D eigenvalue weighted by atomic mass is 79.9. The molecule has 1 saturated carbocycles. The standard InChI is InChI=1S/C16H21BrFNO2/c17-14-6-4-13(15(18)10-14)5-7-16(20)19-8-1-9-21-11-12-2-3-12/h4,6,10,12H,1-3,5,7-9,11H2,(H,19,20). The number of ether oxygens (including phenoxy) is 1. The van der Waals surface area contributed by atoms with Crippen LogP contribution in [0.4, 0.5) is 4.39 Å². The molecule has 2 rings (SSSR count). The van der Waals surface area contributed by atoms with E-state index in [1.165, 1.54) is 18.9 Å². The Labute approximate surface area is 133 Å². The largest absolute Gasteiger partial charge is 0.381 e. The zero-order valence-electron chi connectivity index (χ0n) is 12.0. The van der Waals surface area contributed by atoms with E-state index in [9.17, 15) is 9.18 Å². The fourth-order valence-corrected chi connectivity index (χ4v) is 2.33. The van der Waals surface area contributed by atoms with Crippen LogP contribution in [-0.4, -0.2) is 25.7 Å². The fraction of sp³-hybridized carbons (Fsp3) is 0.562. The first kappa shape index (κ1) is 16.4. The summed E-state index contributed by atoms with van der Waals surface area (Å²) in [5.41, 5.74) is 0.570. The molecule has 0 bridgehead atoms. The lowest BCUT2D eigenvalue weighted by Crippen LogP contribution is -2.25. The summed E-state index contributed by atoms with van der Waals surface area (Å²) in [4.78, 5) is 11.7. The van der Waals surface area contributed by atoms with Crippen molar-refractivity contribution in [3.8, 4) is 0 Å². The molecule has 0 saturated heterocycles. The van der Waals surface area contributed by atoms with E-state index < -0.39 is 0 Å². The Hall–Kier alpha value is -0.940. The third-order valence-corrected chi connectivity index (χ3v) is 3.97. The van der Waals surface area contributed by atoms with Crippen LogP contribution < -0.4 is 5.32 Å². The molecule has 1 aromatic rings. The van der Waals surface area contributed by atoms with E-state index >= 15 is 0 Å². The first-order valence-electron chi connectivity index (χ1n) is 7.43. The smallest absolute Gasteiger partial charge is 0.220 e. The average Bonchev–Trinajstić information content (AvgIpc) is 3.26. The van der Waals surface area contributed by atoms with E-state index in [2.05, 4.69) is 21.2 Å². The second-order valence-electron chi connectivity index (χ2n) is 5.46. The van der Waals surface area contributed by atoms with Gasteiger partial charge in [-0.15, -0.1) is 0 Å². The molecule has 0 aromatic heterocycles. The molecule has 3 nitrogen and oxygen atoms in total. The van der Waals surface area contributed by atoms with E-state index in [-0.39, 0.29) is 11.7 Å². The number of carbonyl (C=O) groups is 1. The topological polar surface area (TPSA) is 38.3 Å². The van der Waals surface area contributed by atoms with Crippen LogP contribution >= 0.6 is 15.9 Å². The summed E-state index contributed by atoms with van der Waals surface area (Å²) < 4.78 is 19.8. The molecular weight excluding hydrogens is 337 g/mol. The normalized spacial score (nSPS) is 14.2. The molecule has 1 aliphatic rings. The molecule has 1 amide bonds. The van der Waals surface area contributed by atoms with Crippen LogP contribution in [0.25, 0.3) is 0 Å². The van der Waals surface area contributed by atoms with E-state index in [0.717, 1.165) is 18.9 Å². The summed E-state index contributed by atoms with van der Waals surface area (Å²) >= 11 is 3.21. The Morgan fingerprint density at radius 1 is 1.43 bits per heavy atom. The van der Waals surface area contributed by atoms with Crippen molar-refractivity contribution in [3.63, 3.8) is 0 Å². The second kappa shape index (κ2) is 8.49. The minimum Gasteiger partial charge on any atom is -0.381 e. The van der Waals surface area contributed by atoms with Gasteiger partial charge in [0.2, 0.25) is 5.91 Å². The van der Waals surface area contributed by atoms with E-state index in [1.807, 2.05) is 0 Å². The average molecular weight is 358 g/mol. The van der Waals surface area contributed by atoms with Crippen LogP contribution in [0.15, 0.2) is 22.7 Å². The molecule has 5 heteroatoms. The van der Waals surface area contributed by atoms with Gasteiger partial charge < -0.3 is 10.1 Å². The summed E-state index contributed by atoms with van der Waals surface area (Å²) in [7, 11) is 0. The van der Waals surface area contributed by atoms with Crippen molar-refractivity contribution in [1.82, 2.24) is 5.32 Å². The van der Waals surface area contributed by atoms with Gasteiger partial charge in [-0.05, 0) is 49.3 Å². The fourth-order valence-electron chi connectivity index (χ4n) is 2.00. The quantitative estimate of drug-likeness (QED) is 0.687. The van der Waals surface area contributed by atoms with Gasteiger partial charge in [0.25, 0.3) is 0 Å². The molecule has 116 valence electrons. The number of aryl methyl sites for hydroxylation is 1. The maximum Gasteiger partial charge on any atom is 0.220 e. The van der Waals surface area contributed by atoms with E-state index in [1.54, 1.807) is 12.1 Å². The van der Waals surface area contributed by atoms with Crippen molar-refractivity contribution in [2.45, 2.75) is 32.1 Å². The number of rotatable bonds is 9. The molecule has 1 aliphatic carbocycles. The van der Waals surface area contributed by atoms with Gasteiger partial charge in [0, 0.05) is 30.7 Å². The van der Waals surface area contributed by atoms with Crippen molar-refractivity contribution in [2.75, 3.05) is 19.8 Å². The summed E-state index contributed by atoms with van der Waals surface area (Å²) in [5, 5.41) is 2.84. The molecular formula is C16H21BrFNO2. The van der Waals surface area contributed by atoms with Crippen LogP contribution in [0.5, 0.6) is 0 Å². The Morgan fingerprint density at radius 2 is 2.24 bits per heavy atom. The van der Waals surface area contributed by atoms with Gasteiger partial charge in [-0.2, -0.15) is 0 Å². The number of hydrogen-bond donors (Lipinski definition) is 1. The van der Waals surface area contributed by atoms with E-state index in [4.69, 9.17) is 4.74 Å². The molecule has 0 heterocycles. The molecule has 0 spiro atoms. The summed E-state index contributed by atoms with van der Waals surface area (Å²) in [6, 6.07) is 4.91. The lowest BCUT2D eigenvalue weighted by Gasteiger charge is -2.07. The number of benzene rings is 1. The number of halogens is 2. The van der Waals surface area contributed by atoms with Crippen LogP contribution in [-0.2, 0) is 16.0 Å². The summed E-state index contributed by atoms with van der Waals surface area (Å²) in [6.45, 7) is 2.17. The third kappa shape index (κ3) is 6.57. The Bertz CT molecular complexity index is 477. The van der Waals surface area contributed by atoms with Crippen LogP contribution in [0.3, 0.4) is 0 Å². The monoisotopic (exact) mass is 357 g/mol. The zero-order chi connectivity index (χ0) is 15.1. The molecule has 21 heavy (non-hydrogen) atoms. The number of carbonyl (C=O) groups excluding carboxylic acids is 1. The predicted octanol–water partition coefficient (Wildman–Crippen LogP) is 3.45. The van der Waals surface area contributed by atoms with Crippen LogP contribution in [0.1, 0.15) is 31.2 Å². The zero-order valence-corrected chi connectivity index (χ0v) is 13.6. The van der Waals surface area contributed by atoms with Crippen LogP contribution in [0.2, 0.25) is 0 Å². The molecule has 1 aromatic carbocycles. The maximum absolute atomic E-state index is 13.6. The minimum absolute atomic E-state index is 0.0421. The Balaban J connectivity index is 1.54. The van der Waals surface area contributed by atoms with Gasteiger partial charge in [0.05, 0.1) is 0 Å². The Morgan fingerprint density at radius 3 is 2.95 bits per heavy atom. The van der Waals surface area contributed by atoms with Gasteiger partial charge >= 0.3 is 0 Å². The SMILES string of the molecule is O=C(CCc1ccc(Br)cc1F)NCCCOCC1CC1. The highest BCUT2D eigenvalue weighted by Gasteiger charge is 2.20. The number of hydrogen-bond acceptors (Lipinski definition) is 2. The first-order valence-corrected chi connectivity index (χ1v) is 8.23. The van der Waals surface area contributed by atoms with Crippen molar-refractivity contribution in [2.24, 2.45) is 5.92 Å². The lowest BCUT2D eigenvalue weighted by molar-refractivity contribution is -0.121. The lowest BCUT2D eigenvalue weighted by atomic mass is 10.1. The van der Waals surface area contributed by atoms with E-state index in [0.29, 0.717) is 36.0 Å². The van der Waals surface area contributed by atoms with Crippen molar-refractivity contribution in [1.29, 1.82) is 0 Å². The van der Waals surface area contributed by atoms with Crippen molar-refractivity contribution in [3.05, 3.63) is 34.1 Å². The van der Waals surface area contributed by atoms with Crippen LogP contribution in [0, 0.1) is 11.7 Å². The Kier molecular flexibility index (Phi) is 6.64. The first-order chi connectivity index (χ1) is 10.1. The minimum atomic E-state index is -0.273. The molecule has 0 radical (unpaired) electrons. The summed E-state index contributed by atoms with van der Waals surface area (Å²) in [6.07, 6.45) is 4.14. The highest BCUT2D eigenvalue weighted by molar-refractivity contribution is 9.10. The predicted molar refractivity (Wildman–Crippen MR) is 83.6 cm³/mol. The second-order valence-corrected chi connectivity index (χ2v) is 6.37. The van der Waals surface area contributed by atoms with Crippen molar-refractivity contribution < 1.29 is 13.9 Å². The van der Waals surface area contributed by atoms with Gasteiger partial charge in [0.15, 0.2) is 0 Å². The number of nitrogens with one attached hydrogen (secondary N) is 1. The highest BCUT2D eigenvalue weighted by Crippen LogP contribution is 2.28. The van der Waals surface area contributed by atoms with Gasteiger partial charge in [-0.25, -0.2) is 4.39 Å². The molecule has 0 atom stereocenters. The van der Waals surface area contributed by atoms with Gasteiger partial charge in [0.1, 0.15) is 5.82 Å². The molecule has 0 unspecified atom stereocenters. The maximum atomic E-state index is 13.6. The molecule has 1 fully saturated rings. The third-order valence-electron chi connectivity index (χ3n) is 3.47. The summed E-state index contributed by atoms with van der Waals surface area (Å²) in [5.74, 6) is 0.463. The van der Waals surface area contributed by atoms with Crippen molar-refractivity contribution >= 4 is 21.8 Å². The molecule has 1 N–H and O–H groups in total. The molecule has 0 aliphatic heterocycles. The van der Waals surface area contributed by atoms with Gasteiger partial charge in [-0.1, -0.05) is 22.0 Å².